The third-order valence-electron chi connectivity index (χ3n) is 4.23. The number of allylic oxidation sites excluding steroid dienone is 1. The Morgan fingerprint density at radius 2 is 2.00 bits per heavy atom. The molecule has 23 heavy (non-hydrogen) atoms. The van der Waals surface area contributed by atoms with E-state index >= 15 is 0 Å². The molecule has 116 valence electrons. The van der Waals surface area contributed by atoms with Crippen molar-refractivity contribution >= 4 is 11.3 Å². The Morgan fingerprint density at radius 1 is 1.17 bits per heavy atom. The molecule has 2 aromatic rings. The van der Waals surface area contributed by atoms with Gasteiger partial charge in [0.2, 0.25) is 0 Å². The van der Waals surface area contributed by atoms with Crippen LogP contribution in [0.2, 0.25) is 0 Å². The van der Waals surface area contributed by atoms with Gasteiger partial charge in [-0.15, -0.1) is 0 Å². The highest BCUT2D eigenvalue weighted by atomic mass is 15.1. The topological polar surface area (TPSA) is 39.9 Å². The molecule has 0 aliphatic carbocycles. The summed E-state index contributed by atoms with van der Waals surface area (Å²) >= 11 is 0. The van der Waals surface area contributed by atoms with E-state index in [9.17, 15) is 5.26 Å². The van der Waals surface area contributed by atoms with Gasteiger partial charge in [-0.1, -0.05) is 37.6 Å². The van der Waals surface area contributed by atoms with E-state index in [4.69, 9.17) is 0 Å². The molecule has 0 N–H and O–H groups in total. The van der Waals surface area contributed by atoms with Crippen LogP contribution in [-0.2, 0) is 0 Å². The van der Waals surface area contributed by atoms with Crippen molar-refractivity contribution < 1.29 is 0 Å². The van der Waals surface area contributed by atoms with E-state index in [2.05, 4.69) is 41.2 Å². The number of unbranched alkanes of at least 4 members (excludes halogenated alkanes) is 1. The van der Waals surface area contributed by atoms with Crippen LogP contribution in [0.25, 0.3) is 5.57 Å². The summed E-state index contributed by atoms with van der Waals surface area (Å²) in [5.41, 5.74) is 5.08. The van der Waals surface area contributed by atoms with Gasteiger partial charge >= 0.3 is 0 Å². The molecule has 2 heterocycles. The van der Waals surface area contributed by atoms with Crippen molar-refractivity contribution in [1.29, 1.82) is 5.26 Å². The smallest absolute Gasteiger partial charge is 0.102 e. The van der Waals surface area contributed by atoms with Gasteiger partial charge in [0, 0.05) is 29.7 Å². The van der Waals surface area contributed by atoms with Gasteiger partial charge in [-0.25, -0.2) is 0 Å². The van der Waals surface area contributed by atoms with Crippen LogP contribution in [0.5, 0.6) is 0 Å². The van der Waals surface area contributed by atoms with Crippen molar-refractivity contribution in [1.82, 2.24) is 4.98 Å². The first-order valence-corrected chi connectivity index (χ1v) is 8.15. The monoisotopic (exact) mass is 303 g/mol. The van der Waals surface area contributed by atoms with Gasteiger partial charge in [-0.05, 0) is 37.1 Å². The number of nitrogens with zero attached hydrogens (tertiary/aromatic N) is 3. The first kappa shape index (κ1) is 15.3. The summed E-state index contributed by atoms with van der Waals surface area (Å²) in [4.78, 5) is 6.91. The number of fused-ring (bicyclic) bond motifs is 1. The number of aryl methyl sites for hydroxylation is 1. The molecule has 0 spiro atoms. The summed E-state index contributed by atoms with van der Waals surface area (Å²) in [6, 6.07) is 16.7. The molecule has 3 rings (SSSR count). The summed E-state index contributed by atoms with van der Waals surface area (Å²) in [7, 11) is 0. The minimum absolute atomic E-state index is 0.265. The summed E-state index contributed by atoms with van der Waals surface area (Å²) in [6.07, 6.45) is 4.39. The Bertz CT molecular complexity index is 770. The number of para-hydroxylation sites is 1. The summed E-state index contributed by atoms with van der Waals surface area (Å²) in [5, 5.41) is 9.76. The largest absolute Gasteiger partial charge is 0.347 e. The maximum absolute atomic E-state index is 9.76. The molecule has 3 nitrogen and oxygen atoms in total. The molecule has 0 fully saturated rings. The molecule has 1 aliphatic rings. The predicted octanol–water partition coefficient (Wildman–Crippen LogP) is 4.66. The second kappa shape index (κ2) is 6.66. The highest BCUT2D eigenvalue weighted by Crippen LogP contribution is 2.41. The Labute approximate surface area is 137 Å². The maximum atomic E-state index is 9.76. The van der Waals surface area contributed by atoms with Crippen molar-refractivity contribution in [2.75, 3.05) is 11.4 Å². The number of hydrogen-bond acceptors (Lipinski definition) is 3. The molecule has 1 aromatic heterocycles. The molecule has 1 atom stereocenters. The lowest BCUT2D eigenvalue weighted by molar-refractivity contribution is 0.773. The molecule has 1 aromatic carbocycles. The zero-order chi connectivity index (χ0) is 16.2. The Balaban J connectivity index is 2.10. The average molecular weight is 303 g/mol. The first-order chi connectivity index (χ1) is 11.2. The van der Waals surface area contributed by atoms with Gasteiger partial charge < -0.3 is 4.90 Å². The minimum atomic E-state index is -0.265. The van der Waals surface area contributed by atoms with E-state index in [1.54, 1.807) is 0 Å². The fourth-order valence-corrected chi connectivity index (χ4v) is 3.04. The van der Waals surface area contributed by atoms with Crippen molar-refractivity contribution in [3.05, 3.63) is 65.6 Å². The molecule has 0 radical (unpaired) electrons. The lowest BCUT2D eigenvalue weighted by Crippen LogP contribution is -2.25. The van der Waals surface area contributed by atoms with Gasteiger partial charge in [0.15, 0.2) is 0 Å². The molecule has 3 heteroatoms. The molecule has 0 bridgehead atoms. The number of hydrogen-bond donors (Lipinski definition) is 0. The maximum Gasteiger partial charge on any atom is 0.102 e. The Hall–Kier alpha value is -2.60. The Morgan fingerprint density at radius 3 is 2.74 bits per heavy atom. The zero-order valence-corrected chi connectivity index (χ0v) is 13.7. The van der Waals surface area contributed by atoms with Crippen LogP contribution in [0, 0.1) is 18.3 Å². The fraction of sp³-hybridized carbons (Fsp3) is 0.300. The Kier molecular flexibility index (Phi) is 4.43. The highest BCUT2D eigenvalue weighted by molar-refractivity contribution is 5.81. The third-order valence-corrected chi connectivity index (χ3v) is 4.23. The number of anilines is 1. The van der Waals surface area contributed by atoms with Crippen LogP contribution in [0.4, 0.5) is 5.69 Å². The van der Waals surface area contributed by atoms with Crippen molar-refractivity contribution in [2.24, 2.45) is 0 Å². The normalized spacial score (nSPS) is 16.5. The second-order valence-corrected chi connectivity index (χ2v) is 5.92. The van der Waals surface area contributed by atoms with Gasteiger partial charge in [0.05, 0.1) is 11.8 Å². The molecule has 0 saturated carbocycles. The number of pyridine rings is 1. The van der Waals surface area contributed by atoms with Crippen LogP contribution < -0.4 is 4.90 Å². The number of nitriles is 1. The van der Waals surface area contributed by atoms with Gasteiger partial charge in [0.1, 0.15) is 5.92 Å². The van der Waals surface area contributed by atoms with E-state index in [-0.39, 0.29) is 5.92 Å². The molecular formula is C20H21N3. The van der Waals surface area contributed by atoms with Crippen LogP contribution in [-0.4, -0.2) is 11.5 Å². The number of rotatable bonds is 4. The van der Waals surface area contributed by atoms with Crippen molar-refractivity contribution in [2.45, 2.75) is 32.6 Å². The van der Waals surface area contributed by atoms with Crippen LogP contribution in [0.15, 0.2) is 48.7 Å². The van der Waals surface area contributed by atoms with Gasteiger partial charge in [-0.2, -0.15) is 5.26 Å². The zero-order valence-electron chi connectivity index (χ0n) is 13.7. The quantitative estimate of drug-likeness (QED) is 0.824. The minimum Gasteiger partial charge on any atom is -0.347 e. The summed E-state index contributed by atoms with van der Waals surface area (Å²) in [6.45, 7) is 5.14. The van der Waals surface area contributed by atoms with Gasteiger partial charge in [0.25, 0.3) is 0 Å². The number of benzene rings is 1. The molecule has 0 saturated heterocycles. The third kappa shape index (κ3) is 2.98. The molecule has 0 amide bonds. The SMILES string of the molecule is CCCCN1C=C(c2cccc(C)n2)C(C#N)c2ccccc21. The average Bonchev–Trinajstić information content (AvgIpc) is 2.59. The molecular weight excluding hydrogens is 282 g/mol. The molecule has 1 aliphatic heterocycles. The van der Waals surface area contributed by atoms with Crippen molar-refractivity contribution in [3.8, 4) is 6.07 Å². The van der Waals surface area contributed by atoms with Crippen LogP contribution in [0.3, 0.4) is 0 Å². The number of aromatic nitrogens is 1. The van der Waals surface area contributed by atoms with E-state index in [1.165, 1.54) is 0 Å². The van der Waals surface area contributed by atoms with E-state index in [0.29, 0.717) is 0 Å². The first-order valence-electron chi connectivity index (χ1n) is 8.15. The van der Waals surface area contributed by atoms with Crippen molar-refractivity contribution in [3.63, 3.8) is 0 Å². The summed E-state index contributed by atoms with van der Waals surface area (Å²) < 4.78 is 0. The highest BCUT2D eigenvalue weighted by Gasteiger charge is 2.28. The van der Waals surface area contributed by atoms with E-state index < -0.39 is 0 Å². The lowest BCUT2D eigenvalue weighted by atomic mass is 9.86. The fourth-order valence-electron chi connectivity index (χ4n) is 3.04. The predicted molar refractivity (Wildman–Crippen MR) is 94.0 cm³/mol. The lowest BCUT2D eigenvalue weighted by Gasteiger charge is -2.32. The van der Waals surface area contributed by atoms with Gasteiger partial charge in [-0.3, -0.25) is 4.98 Å². The van der Waals surface area contributed by atoms with Crippen LogP contribution in [0.1, 0.15) is 42.6 Å². The molecule has 1 unspecified atom stereocenters. The van der Waals surface area contributed by atoms with Crippen LogP contribution >= 0.6 is 0 Å². The summed E-state index contributed by atoms with van der Waals surface area (Å²) in [5.74, 6) is -0.265. The van der Waals surface area contributed by atoms with E-state index in [1.807, 2.05) is 37.3 Å². The van der Waals surface area contributed by atoms with E-state index in [0.717, 1.165) is 47.6 Å². The second-order valence-electron chi connectivity index (χ2n) is 5.92. The standard InChI is InChI=1S/C20H21N3/c1-3-4-12-23-14-18(19-10-7-8-15(2)22-19)17(13-21)16-9-5-6-11-20(16)23/h5-11,14,17H,3-4,12H2,1-2H3.